The predicted octanol–water partition coefficient (Wildman–Crippen LogP) is 5.29. The van der Waals surface area contributed by atoms with E-state index in [1.165, 1.54) is 41.1 Å². The topological polar surface area (TPSA) is 77.4 Å². The molecule has 0 fully saturated rings. The quantitative estimate of drug-likeness (QED) is 0.346. The zero-order valence-corrected chi connectivity index (χ0v) is 18.7. The number of fused-ring (bicyclic) bond motifs is 1. The minimum Gasteiger partial charge on any atom is -0.406 e. The van der Waals surface area contributed by atoms with Gasteiger partial charge >= 0.3 is 6.36 Å². The standard InChI is InChI=1S/C24H18F4N2O4S/c25-20-7-3-1-5-16(20)15-35(32,33)22-13-30(21-8-4-2-6-19(21)22)14-23(31)29-17-9-11-18(12-10-17)34-24(26,27)28/h1-13H,14-15H2,(H,29,31). The van der Waals surface area contributed by atoms with Crippen molar-refractivity contribution in [2.45, 2.75) is 23.6 Å². The largest absolute Gasteiger partial charge is 0.573 e. The van der Waals surface area contributed by atoms with E-state index in [9.17, 15) is 30.8 Å². The highest BCUT2D eigenvalue weighted by Gasteiger charge is 2.31. The summed E-state index contributed by atoms with van der Waals surface area (Å²) in [5, 5.41) is 2.92. The molecule has 1 N–H and O–H groups in total. The number of halogens is 4. The van der Waals surface area contributed by atoms with Crippen molar-refractivity contribution in [1.82, 2.24) is 4.57 Å². The van der Waals surface area contributed by atoms with Crippen LogP contribution in [0.5, 0.6) is 5.75 Å². The Kier molecular flexibility index (Phi) is 6.53. The maximum absolute atomic E-state index is 14.1. The number of benzene rings is 3. The van der Waals surface area contributed by atoms with E-state index in [2.05, 4.69) is 10.1 Å². The molecule has 0 aliphatic carbocycles. The third-order valence-corrected chi connectivity index (χ3v) is 6.76. The first-order valence-electron chi connectivity index (χ1n) is 10.2. The van der Waals surface area contributed by atoms with Gasteiger partial charge in [0.05, 0.1) is 10.6 Å². The normalized spacial score (nSPS) is 12.0. The molecule has 3 aromatic carbocycles. The lowest BCUT2D eigenvalue weighted by Gasteiger charge is -2.10. The van der Waals surface area contributed by atoms with Crippen molar-refractivity contribution in [3.63, 3.8) is 0 Å². The first-order valence-corrected chi connectivity index (χ1v) is 11.9. The first kappa shape index (κ1) is 24.3. The summed E-state index contributed by atoms with van der Waals surface area (Å²) in [6.07, 6.45) is -3.51. The lowest BCUT2D eigenvalue weighted by Crippen LogP contribution is -2.19. The van der Waals surface area contributed by atoms with E-state index in [4.69, 9.17) is 0 Å². The van der Waals surface area contributed by atoms with Crippen molar-refractivity contribution in [3.8, 4) is 5.75 Å². The second kappa shape index (κ2) is 9.41. The van der Waals surface area contributed by atoms with Gasteiger partial charge in [-0.3, -0.25) is 4.79 Å². The Balaban J connectivity index is 1.55. The number of aromatic nitrogens is 1. The smallest absolute Gasteiger partial charge is 0.406 e. The summed E-state index contributed by atoms with van der Waals surface area (Å²) in [4.78, 5) is 12.5. The van der Waals surface area contributed by atoms with Crippen LogP contribution in [0.3, 0.4) is 0 Å². The molecule has 1 aromatic heterocycles. The molecule has 0 bridgehead atoms. The van der Waals surface area contributed by atoms with E-state index in [0.717, 1.165) is 12.1 Å². The molecule has 0 atom stereocenters. The van der Waals surface area contributed by atoms with E-state index in [1.807, 2.05) is 0 Å². The second-order valence-corrected chi connectivity index (χ2v) is 9.57. The van der Waals surface area contributed by atoms with Crippen LogP contribution in [-0.4, -0.2) is 25.3 Å². The Hall–Kier alpha value is -3.86. The number of carbonyl (C=O) groups is 1. The molecule has 0 saturated heterocycles. The number of ether oxygens (including phenoxy) is 1. The lowest BCUT2D eigenvalue weighted by atomic mass is 10.2. The highest BCUT2D eigenvalue weighted by molar-refractivity contribution is 7.90. The van der Waals surface area contributed by atoms with E-state index in [1.54, 1.807) is 30.3 Å². The van der Waals surface area contributed by atoms with Gasteiger partial charge in [0.25, 0.3) is 0 Å². The van der Waals surface area contributed by atoms with Crippen LogP contribution in [0.1, 0.15) is 5.56 Å². The third-order valence-electron chi connectivity index (χ3n) is 5.08. The van der Waals surface area contributed by atoms with Gasteiger partial charge in [0.2, 0.25) is 5.91 Å². The van der Waals surface area contributed by atoms with Crippen LogP contribution in [0.2, 0.25) is 0 Å². The molecular formula is C24H18F4N2O4S. The highest BCUT2D eigenvalue weighted by atomic mass is 32.2. The monoisotopic (exact) mass is 506 g/mol. The molecule has 0 unspecified atom stereocenters. The number of rotatable bonds is 7. The first-order chi connectivity index (χ1) is 16.5. The van der Waals surface area contributed by atoms with Crippen LogP contribution in [0.25, 0.3) is 10.9 Å². The molecule has 0 saturated carbocycles. The summed E-state index contributed by atoms with van der Waals surface area (Å²) in [6.45, 7) is -0.267. The number of hydrogen-bond donors (Lipinski definition) is 1. The number of nitrogens with zero attached hydrogens (tertiary/aromatic N) is 1. The van der Waals surface area contributed by atoms with Gasteiger partial charge in [-0.1, -0.05) is 36.4 Å². The number of hydrogen-bond acceptors (Lipinski definition) is 4. The Labute approximate surface area is 197 Å². The van der Waals surface area contributed by atoms with Gasteiger partial charge in [-0.2, -0.15) is 0 Å². The van der Waals surface area contributed by atoms with Gasteiger partial charge in [0.1, 0.15) is 18.1 Å². The molecule has 11 heteroatoms. The summed E-state index contributed by atoms with van der Waals surface area (Å²) in [7, 11) is -3.95. The maximum Gasteiger partial charge on any atom is 0.573 e. The number of nitrogens with one attached hydrogen (secondary N) is 1. The van der Waals surface area contributed by atoms with Gasteiger partial charge in [-0.15, -0.1) is 13.2 Å². The van der Waals surface area contributed by atoms with Crippen molar-refractivity contribution in [2.75, 3.05) is 5.32 Å². The molecule has 35 heavy (non-hydrogen) atoms. The van der Waals surface area contributed by atoms with Gasteiger partial charge in [-0.25, -0.2) is 12.8 Å². The maximum atomic E-state index is 14.1. The van der Waals surface area contributed by atoms with E-state index in [-0.39, 0.29) is 22.7 Å². The molecule has 4 rings (SSSR count). The Morgan fingerprint density at radius 1 is 0.943 bits per heavy atom. The van der Waals surface area contributed by atoms with Crippen LogP contribution >= 0.6 is 0 Å². The van der Waals surface area contributed by atoms with Crippen molar-refractivity contribution in [2.24, 2.45) is 0 Å². The number of carbonyl (C=O) groups excluding carboxylic acids is 1. The predicted molar refractivity (Wildman–Crippen MR) is 121 cm³/mol. The fourth-order valence-corrected chi connectivity index (χ4v) is 5.18. The van der Waals surface area contributed by atoms with Gasteiger partial charge < -0.3 is 14.6 Å². The SMILES string of the molecule is O=C(Cn1cc(S(=O)(=O)Cc2ccccc2F)c2ccccc21)Nc1ccc(OC(F)(F)F)cc1. The highest BCUT2D eigenvalue weighted by Crippen LogP contribution is 2.29. The lowest BCUT2D eigenvalue weighted by molar-refractivity contribution is -0.274. The van der Waals surface area contributed by atoms with Crippen molar-refractivity contribution >= 4 is 32.3 Å². The average Bonchev–Trinajstić information content (AvgIpc) is 3.15. The van der Waals surface area contributed by atoms with E-state index in [0.29, 0.717) is 10.9 Å². The molecule has 4 aromatic rings. The number of anilines is 1. The Bertz CT molecular complexity index is 1480. The van der Waals surface area contributed by atoms with Crippen LogP contribution < -0.4 is 10.1 Å². The van der Waals surface area contributed by atoms with Gasteiger partial charge in [0.15, 0.2) is 9.84 Å². The molecule has 1 amide bonds. The van der Waals surface area contributed by atoms with Crippen molar-refractivity contribution in [1.29, 1.82) is 0 Å². The molecule has 0 radical (unpaired) electrons. The molecule has 1 heterocycles. The van der Waals surface area contributed by atoms with Crippen molar-refractivity contribution < 1.29 is 35.5 Å². The molecular weight excluding hydrogens is 488 g/mol. The van der Waals surface area contributed by atoms with Crippen molar-refractivity contribution in [3.05, 3.63) is 90.4 Å². The summed E-state index contributed by atoms with van der Waals surface area (Å²) in [6, 6.07) is 16.8. The molecule has 0 aliphatic rings. The minimum atomic E-state index is -4.83. The van der Waals surface area contributed by atoms with Crippen LogP contribution in [0.15, 0.2) is 83.9 Å². The third kappa shape index (κ3) is 5.80. The van der Waals surface area contributed by atoms with Gasteiger partial charge in [-0.05, 0) is 36.4 Å². The molecule has 0 spiro atoms. The van der Waals surface area contributed by atoms with E-state index >= 15 is 0 Å². The Morgan fingerprint density at radius 3 is 2.29 bits per heavy atom. The number of amides is 1. The summed E-state index contributed by atoms with van der Waals surface area (Å²) in [5.74, 6) is -2.15. The van der Waals surface area contributed by atoms with E-state index < -0.39 is 39.4 Å². The van der Waals surface area contributed by atoms with Crippen LogP contribution in [0, 0.1) is 5.82 Å². The van der Waals surface area contributed by atoms with Gasteiger partial charge in [0, 0.05) is 28.4 Å². The van der Waals surface area contributed by atoms with Crippen LogP contribution in [-0.2, 0) is 26.9 Å². The summed E-state index contributed by atoms with van der Waals surface area (Å²) >= 11 is 0. The fourth-order valence-electron chi connectivity index (χ4n) is 3.58. The number of para-hydroxylation sites is 1. The zero-order valence-electron chi connectivity index (χ0n) is 17.9. The number of alkyl halides is 3. The minimum absolute atomic E-state index is 0.0278. The summed E-state index contributed by atoms with van der Waals surface area (Å²) < 4.78 is 82.4. The zero-order chi connectivity index (χ0) is 25.2. The number of sulfone groups is 1. The summed E-state index contributed by atoms with van der Waals surface area (Å²) in [5.41, 5.74) is 0.733. The molecule has 182 valence electrons. The second-order valence-electron chi connectivity index (χ2n) is 7.61. The molecule has 0 aliphatic heterocycles. The fraction of sp³-hybridized carbons (Fsp3) is 0.125. The average molecular weight is 506 g/mol. The Morgan fingerprint density at radius 2 is 1.60 bits per heavy atom. The van der Waals surface area contributed by atoms with Crippen LogP contribution in [0.4, 0.5) is 23.2 Å². The molecule has 6 nitrogen and oxygen atoms in total.